The highest BCUT2D eigenvalue weighted by Gasteiger charge is 2.19. The first-order valence-electron chi connectivity index (χ1n) is 9.02. The third-order valence-electron chi connectivity index (χ3n) is 4.54. The van der Waals surface area contributed by atoms with Crippen LogP contribution in [0.4, 0.5) is 4.39 Å². The van der Waals surface area contributed by atoms with E-state index in [9.17, 15) is 14.0 Å². The Morgan fingerprint density at radius 1 is 1.14 bits per heavy atom. The Hall–Kier alpha value is -3.48. The van der Waals surface area contributed by atoms with Crippen LogP contribution < -0.4 is 4.74 Å². The van der Waals surface area contributed by atoms with E-state index in [1.54, 1.807) is 18.3 Å². The lowest BCUT2D eigenvalue weighted by atomic mass is 10.1. The van der Waals surface area contributed by atoms with Crippen molar-refractivity contribution in [1.82, 2.24) is 9.55 Å². The van der Waals surface area contributed by atoms with Gasteiger partial charge in [-0.1, -0.05) is 12.1 Å². The molecule has 6 nitrogen and oxygen atoms in total. The SMILES string of the molecule is COc1ccc(CC(=O)OCC(=O)c2cc(C)n(-c3ccccn3)c2C)cc1F. The maximum absolute atomic E-state index is 13.7. The maximum atomic E-state index is 13.7. The summed E-state index contributed by atoms with van der Waals surface area (Å²) in [6.07, 6.45) is 1.54. The summed E-state index contributed by atoms with van der Waals surface area (Å²) in [7, 11) is 1.36. The van der Waals surface area contributed by atoms with Gasteiger partial charge in [-0.3, -0.25) is 9.59 Å². The predicted octanol–water partition coefficient (Wildman–Crippen LogP) is 3.61. The second-order valence-electron chi connectivity index (χ2n) is 6.54. The molecule has 0 bridgehead atoms. The number of ketones is 1. The van der Waals surface area contributed by atoms with Crippen LogP contribution in [0, 0.1) is 19.7 Å². The van der Waals surface area contributed by atoms with E-state index in [0.717, 1.165) is 11.4 Å². The van der Waals surface area contributed by atoms with E-state index in [2.05, 4.69) is 4.98 Å². The fourth-order valence-electron chi connectivity index (χ4n) is 3.14. The van der Waals surface area contributed by atoms with E-state index in [4.69, 9.17) is 9.47 Å². The minimum Gasteiger partial charge on any atom is -0.494 e. The molecule has 150 valence electrons. The normalized spacial score (nSPS) is 10.6. The van der Waals surface area contributed by atoms with Crippen LogP contribution in [0.15, 0.2) is 48.7 Å². The van der Waals surface area contributed by atoms with E-state index in [-0.39, 0.29) is 24.6 Å². The third kappa shape index (κ3) is 4.51. The van der Waals surface area contributed by atoms with Crippen molar-refractivity contribution in [3.05, 3.63) is 77.0 Å². The van der Waals surface area contributed by atoms with E-state index in [0.29, 0.717) is 16.9 Å². The molecule has 0 saturated carbocycles. The predicted molar refractivity (Wildman–Crippen MR) is 105 cm³/mol. The van der Waals surface area contributed by atoms with E-state index < -0.39 is 11.8 Å². The van der Waals surface area contributed by atoms with E-state index in [1.807, 2.05) is 36.6 Å². The van der Waals surface area contributed by atoms with Gasteiger partial charge in [-0.05, 0) is 49.7 Å². The van der Waals surface area contributed by atoms with Crippen LogP contribution in [0.3, 0.4) is 0 Å². The Morgan fingerprint density at radius 3 is 2.59 bits per heavy atom. The largest absolute Gasteiger partial charge is 0.494 e. The molecule has 29 heavy (non-hydrogen) atoms. The summed E-state index contributed by atoms with van der Waals surface area (Å²) in [5.74, 6) is -0.674. The zero-order chi connectivity index (χ0) is 21.0. The van der Waals surface area contributed by atoms with Crippen LogP contribution in [-0.4, -0.2) is 35.0 Å². The number of halogens is 1. The first kappa shape index (κ1) is 20.3. The van der Waals surface area contributed by atoms with Gasteiger partial charge in [0.15, 0.2) is 18.2 Å². The van der Waals surface area contributed by atoms with Crippen LogP contribution in [0.1, 0.15) is 27.3 Å². The quantitative estimate of drug-likeness (QED) is 0.451. The Kier molecular flexibility index (Phi) is 6.07. The first-order valence-corrected chi connectivity index (χ1v) is 9.02. The molecule has 1 aromatic carbocycles. The molecule has 0 aliphatic heterocycles. The highest BCUT2D eigenvalue weighted by molar-refractivity contribution is 5.99. The van der Waals surface area contributed by atoms with Crippen molar-refractivity contribution >= 4 is 11.8 Å². The molecule has 0 N–H and O–H groups in total. The number of pyridine rings is 1. The van der Waals surface area contributed by atoms with Crippen LogP contribution in [0.2, 0.25) is 0 Å². The summed E-state index contributed by atoms with van der Waals surface area (Å²) in [5.41, 5.74) is 2.48. The summed E-state index contributed by atoms with van der Waals surface area (Å²) in [6, 6.07) is 11.5. The number of Topliss-reactive ketones (excluding diaryl/α,β-unsaturated/α-hetero) is 1. The Bertz CT molecular complexity index is 1040. The molecular weight excluding hydrogens is 375 g/mol. The van der Waals surface area contributed by atoms with Crippen molar-refractivity contribution in [3.8, 4) is 11.6 Å². The summed E-state index contributed by atoms with van der Waals surface area (Å²) in [4.78, 5) is 28.9. The highest BCUT2D eigenvalue weighted by atomic mass is 19.1. The van der Waals surface area contributed by atoms with Gasteiger partial charge in [0.05, 0.1) is 13.5 Å². The molecule has 0 radical (unpaired) electrons. The molecular formula is C22H21FN2O4. The maximum Gasteiger partial charge on any atom is 0.310 e. The number of methoxy groups -OCH3 is 1. The fraction of sp³-hybridized carbons (Fsp3) is 0.227. The fourth-order valence-corrected chi connectivity index (χ4v) is 3.14. The van der Waals surface area contributed by atoms with Crippen molar-refractivity contribution in [2.45, 2.75) is 20.3 Å². The lowest BCUT2D eigenvalue weighted by Gasteiger charge is -2.09. The van der Waals surface area contributed by atoms with Crippen molar-refractivity contribution < 1.29 is 23.5 Å². The molecule has 7 heteroatoms. The molecule has 0 saturated heterocycles. The summed E-state index contributed by atoms with van der Waals surface area (Å²) in [5, 5.41) is 0. The van der Waals surface area contributed by atoms with Crippen LogP contribution in [0.5, 0.6) is 5.75 Å². The minimum atomic E-state index is -0.610. The van der Waals surface area contributed by atoms with Gasteiger partial charge < -0.3 is 14.0 Å². The van der Waals surface area contributed by atoms with Gasteiger partial charge in [-0.25, -0.2) is 9.37 Å². The summed E-state index contributed by atoms with van der Waals surface area (Å²) in [6.45, 7) is 3.31. The van der Waals surface area contributed by atoms with Gasteiger partial charge in [0, 0.05) is 23.1 Å². The highest BCUT2D eigenvalue weighted by Crippen LogP contribution is 2.20. The number of aryl methyl sites for hydroxylation is 1. The van der Waals surface area contributed by atoms with Crippen LogP contribution >= 0.6 is 0 Å². The van der Waals surface area contributed by atoms with Gasteiger partial charge in [-0.2, -0.15) is 0 Å². The minimum absolute atomic E-state index is 0.0977. The van der Waals surface area contributed by atoms with Gasteiger partial charge >= 0.3 is 5.97 Å². The van der Waals surface area contributed by atoms with E-state index >= 15 is 0 Å². The number of benzene rings is 1. The Balaban J connectivity index is 1.65. The van der Waals surface area contributed by atoms with Crippen molar-refractivity contribution in [2.75, 3.05) is 13.7 Å². The molecule has 2 heterocycles. The molecule has 0 unspecified atom stereocenters. The molecule has 0 aliphatic carbocycles. The molecule has 2 aromatic heterocycles. The summed E-state index contributed by atoms with van der Waals surface area (Å²) < 4.78 is 25.5. The van der Waals surface area contributed by atoms with Crippen LogP contribution in [-0.2, 0) is 16.0 Å². The number of rotatable bonds is 7. The molecule has 0 amide bonds. The van der Waals surface area contributed by atoms with Gasteiger partial charge in [0.2, 0.25) is 5.78 Å². The number of hydrogen-bond acceptors (Lipinski definition) is 5. The zero-order valence-corrected chi connectivity index (χ0v) is 16.4. The lowest BCUT2D eigenvalue weighted by molar-refractivity contribution is -0.141. The average Bonchev–Trinajstić information content (AvgIpc) is 3.01. The monoisotopic (exact) mass is 396 g/mol. The van der Waals surface area contributed by atoms with Gasteiger partial charge in [-0.15, -0.1) is 0 Å². The van der Waals surface area contributed by atoms with Crippen molar-refractivity contribution in [2.24, 2.45) is 0 Å². The van der Waals surface area contributed by atoms with Crippen molar-refractivity contribution in [1.29, 1.82) is 0 Å². The lowest BCUT2D eigenvalue weighted by Crippen LogP contribution is -2.16. The Morgan fingerprint density at radius 2 is 1.93 bits per heavy atom. The molecule has 3 rings (SSSR count). The molecule has 3 aromatic rings. The molecule has 0 aliphatic rings. The third-order valence-corrected chi connectivity index (χ3v) is 4.54. The second kappa shape index (κ2) is 8.68. The number of ether oxygens (including phenoxy) is 2. The zero-order valence-electron chi connectivity index (χ0n) is 16.4. The number of carbonyl (C=O) groups is 2. The number of esters is 1. The average molecular weight is 396 g/mol. The second-order valence-corrected chi connectivity index (χ2v) is 6.54. The number of carbonyl (C=O) groups excluding carboxylic acids is 2. The molecule has 0 fully saturated rings. The topological polar surface area (TPSA) is 70.4 Å². The van der Waals surface area contributed by atoms with Gasteiger partial charge in [0.1, 0.15) is 5.82 Å². The molecule has 0 atom stereocenters. The standard InChI is InChI=1S/C22H21FN2O4/c1-14-10-17(15(2)25(14)21-6-4-5-9-24-21)19(26)13-29-22(27)12-16-7-8-20(28-3)18(23)11-16/h4-11H,12-13H2,1-3H3. The summed E-state index contributed by atoms with van der Waals surface area (Å²) >= 11 is 0. The van der Waals surface area contributed by atoms with E-state index in [1.165, 1.54) is 19.2 Å². The smallest absolute Gasteiger partial charge is 0.310 e. The first-order chi connectivity index (χ1) is 13.9. The van der Waals surface area contributed by atoms with Crippen LogP contribution in [0.25, 0.3) is 5.82 Å². The Labute approximate surface area is 167 Å². The van der Waals surface area contributed by atoms with Gasteiger partial charge in [0.25, 0.3) is 0 Å². The molecule has 0 spiro atoms. The number of aromatic nitrogens is 2. The van der Waals surface area contributed by atoms with Crippen molar-refractivity contribution in [3.63, 3.8) is 0 Å². The number of nitrogens with zero attached hydrogens (tertiary/aromatic N) is 2. The number of hydrogen-bond donors (Lipinski definition) is 0.